The van der Waals surface area contributed by atoms with Gasteiger partial charge >= 0.3 is 0 Å². The molecule has 0 aliphatic heterocycles. The van der Waals surface area contributed by atoms with Crippen molar-refractivity contribution in [2.75, 3.05) is 7.11 Å². The Bertz CT molecular complexity index is 930. The third kappa shape index (κ3) is 6.55. The summed E-state index contributed by atoms with van der Waals surface area (Å²) in [6.45, 7) is 3.80. The maximum atomic E-state index is 6.47. The molecule has 6 heteroatoms. The number of hydrogen-bond donors (Lipinski definition) is 1. The first kappa shape index (κ1) is 23.4. The summed E-state index contributed by atoms with van der Waals surface area (Å²) in [4.78, 5) is 0. The van der Waals surface area contributed by atoms with Crippen molar-refractivity contribution in [2.24, 2.45) is 0 Å². The van der Waals surface area contributed by atoms with Crippen molar-refractivity contribution < 1.29 is 9.47 Å². The number of hydrogen-bond acceptors (Lipinski definition) is 3. The molecule has 3 aromatic carbocycles. The second kappa shape index (κ2) is 11.3. The van der Waals surface area contributed by atoms with Crippen LogP contribution in [0.5, 0.6) is 11.5 Å². The first-order valence-corrected chi connectivity index (χ1v) is 9.81. The van der Waals surface area contributed by atoms with Crippen LogP contribution in [0.4, 0.5) is 0 Å². The van der Waals surface area contributed by atoms with Gasteiger partial charge in [0.15, 0.2) is 11.5 Å². The highest BCUT2D eigenvalue weighted by atomic mass is 35.5. The number of rotatable bonds is 8. The molecule has 3 aromatic rings. The van der Waals surface area contributed by atoms with Gasteiger partial charge < -0.3 is 14.8 Å². The molecule has 3 rings (SSSR count). The molecule has 0 bridgehead atoms. The second-order valence-corrected chi connectivity index (χ2v) is 7.39. The number of nitrogens with one attached hydrogen (secondary N) is 1. The lowest BCUT2D eigenvalue weighted by atomic mass is 10.1. The molecular weight excluding hydrogens is 429 g/mol. The summed E-state index contributed by atoms with van der Waals surface area (Å²) >= 11 is 12.7. The Hall–Kier alpha value is -1.91. The van der Waals surface area contributed by atoms with Crippen molar-refractivity contribution in [2.45, 2.75) is 26.6 Å². The Morgan fingerprint density at radius 1 is 0.862 bits per heavy atom. The lowest BCUT2D eigenvalue weighted by Gasteiger charge is -2.15. The van der Waals surface area contributed by atoms with E-state index in [4.69, 9.17) is 32.7 Å². The zero-order chi connectivity index (χ0) is 19.9. The number of aryl methyl sites for hydroxylation is 1. The van der Waals surface area contributed by atoms with E-state index in [1.807, 2.05) is 48.5 Å². The number of methoxy groups -OCH3 is 1. The summed E-state index contributed by atoms with van der Waals surface area (Å²) in [6, 6.07) is 19.8. The first-order valence-electron chi connectivity index (χ1n) is 9.05. The van der Waals surface area contributed by atoms with Crippen molar-refractivity contribution in [1.82, 2.24) is 5.32 Å². The molecule has 0 aliphatic rings. The summed E-state index contributed by atoms with van der Waals surface area (Å²) in [5, 5.41) is 4.66. The fourth-order valence-corrected chi connectivity index (χ4v) is 3.33. The van der Waals surface area contributed by atoms with Crippen LogP contribution in [0.2, 0.25) is 10.0 Å². The minimum Gasteiger partial charge on any atom is -0.493 e. The summed E-state index contributed by atoms with van der Waals surface area (Å²) in [5.41, 5.74) is 4.36. The fourth-order valence-electron chi connectivity index (χ4n) is 2.84. The van der Waals surface area contributed by atoms with Crippen molar-refractivity contribution in [3.8, 4) is 11.5 Å². The van der Waals surface area contributed by atoms with E-state index in [1.54, 1.807) is 7.11 Å². The first-order chi connectivity index (χ1) is 13.6. The molecule has 0 amide bonds. The van der Waals surface area contributed by atoms with Crippen LogP contribution in [0.15, 0.2) is 60.7 Å². The van der Waals surface area contributed by atoms with E-state index in [1.165, 1.54) is 5.56 Å². The minimum absolute atomic E-state index is 0. The molecule has 0 aromatic heterocycles. The van der Waals surface area contributed by atoms with Crippen LogP contribution in [-0.2, 0) is 19.7 Å². The van der Waals surface area contributed by atoms with Gasteiger partial charge in [-0.1, -0.05) is 71.2 Å². The van der Waals surface area contributed by atoms with Gasteiger partial charge in [-0.25, -0.2) is 0 Å². The molecule has 0 heterocycles. The van der Waals surface area contributed by atoms with Gasteiger partial charge in [0.1, 0.15) is 6.61 Å². The molecule has 0 fully saturated rings. The molecule has 29 heavy (non-hydrogen) atoms. The SMILES string of the molecule is COc1cc(CNCc2ccccc2Cl)cc(Cl)c1OCc1ccc(C)cc1.Cl. The Balaban J connectivity index is 0.00000300. The zero-order valence-electron chi connectivity index (χ0n) is 16.4. The van der Waals surface area contributed by atoms with Crippen molar-refractivity contribution in [3.63, 3.8) is 0 Å². The topological polar surface area (TPSA) is 30.5 Å². The highest BCUT2D eigenvalue weighted by Gasteiger charge is 2.12. The van der Waals surface area contributed by atoms with Crippen LogP contribution in [0.3, 0.4) is 0 Å². The number of ether oxygens (including phenoxy) is 2. The predicted octanol–water partition coefficient (Wildman–Crippen LogP) is 6.60. The standard InChI is InChI=1S/C23H23Cl2NO2.ClH/c1-16-7-9-17(10-8-16)15-28-23-21(25)11-18(12-22(23)27-2)13-26-14-19-5-3-4-6-20(19)24;/h3-12,26H,13-15H2,1-2H3;1H. The summed E-state index contributed by atoms with van der Waals surface area (Å²) in [6.07, 6.45) is 0. The Kier molecular flexibility index (Phi) is 9.12. The molecule has 0 saturated heterocycles. The highest BCUT2D eigenvalue weighted by Crippen LogP contribution is 2.37. The van der Waals surface area contributed by atoms with E-state index in [-0.39, 0.29) is 12.4 Å². The molecular formula is C23H24Cl3NO2. The van der Waals surface area contributed by atoms with Crippen molar-refractivity contribution in [3.05, 3.63) is 93.0 Å². The van der Waals surface area contributed by atoms with Gasteiger partial charge in [0.25, 0.3) is 0 Å². The normalized spacial score (nSPS) is 10.3. The van der Waals surface area contributed by atoms with Gasteiger partial charge in [-0.05, 0) is 41.8 Å². The molecule has 3 nitrogen and oxygen atoms in total. The van der Waals surface area contributed by atoms with Crippen LogP contribution in [0, 0.1) is 6.92 Å². The maximum absolute atomic E-state index is 6.47. The number of benzene rings is 3. The van der Waals surface area contributed by atoms with Crippen LogP contribution in [0.25, 0.3) is 0 Å². The van der Waals surface area contributed by atoms with Crippen molar-refractivity contribution in [1.29, 1.82) is 0 Å². The van der Waals surface area contributed by atoms with Gasteiger partial charge in [0, 0.05) is 18.1 Å². The van der Waals surface area contributed by atoms with E-state index >= 15 is 0 Å². The molecule has 1 N–H and O–H groups in total. The number of halogens is 3. The molecule has 0 saturated carbocycles. The largest absolute Gasteiger partial charge is 0.493 e. The van der Waals surface area contributed by atoms with E-state index in [0.29, 0.717) is 36.2 Å². The van der Waals surface area contributed by atoms with Crippen LogP contribution >= 0.6 is 35.6 Å². The Labute approximate surface area is 188 Å². The molecule has 0 spiro atoms. The fraction of sp³-hybridized carbons (Fsp3) is 0.217. The van der Waals surface area contributed by atoms with Crippen LogP contribution < -0.4 is 14.8 Å². The van der Waals surface area contributed by atoms with Gasteiger partial charge in [0.2, 0.25) is 0 Å². The highest BCUT2D eigenvalue weighted by molar-refractivity contribution is 6.32. The summed E-state index contributed by atoms with van der Waals surface area (Å²) in [7, 11) is 1.62. The quantitative estimate of drug-likeness (QED) is 0.417. The molecule has 0 atom stereocenters. The minimum atomic E-state index is 0. The van der Waals surface area contributed by atoms with E-state index in [2.05, 4.69) is 24.4 Å². The average molecular weight is 453 g/mol. The average Bonchev–Trinajstić information content (AvgIpc) is 2.69. The smallest absolute Gasteiger partial charge is 0.180 e. The molecule has 154 valence electrons. The summed E-state index contributed by atoms with van der Waals surface area (Å²) in [5.74, 6) is 1.17. The molecule has 0 aliphatic carbocycles. The van der Waals surface area contributed by atoms with E-state index < -0.39 is 0 Å². The van der Waals surface area contributed by atoms with E-state index in [9.17, 15) is 0 Å². The molecule has 0 radical (unpaired) electrons. The van der Waals surface area contributed by atoms with E-state index in [0.717, 1.165) is 21.7 Å². The van der Waals surface area contributed by atoms with Crippen LogP contribution in [-0.4, -0.2) is 7.11 Å². The van der Waals surface area contributed by atoms with Gasteiger partial charge in [0.05, 0.1) is 12.1 Å². The van der Waals surface area contributed by atoms with Crippen LogP contribution in [0.1, 0.15) is 22.3 Å². The Morgan fingerprint density at radius 3 is 2.28 bits per heavy atom. The second-order valence-electron chi connectivity index (χ2n) is 6.58. The monoisotopic (exact) mass is 451 g/mol. The zero-order valence-corrected chi connectivity index (χ0v) is 18.7. The van der Waals surface area contributed by atoms with Gasteiger partial charge in [-0.15, -0.1) is 12.4 Å². The maximum Gasteiger partial charge on any atom is 0.180 e. The predicted molar refractivity (Wildman–Crippen MR) is 123 cm³/mol. The molecule has 0 unspecified atom stereocenters. The lowest BCUT2D eigenvalue weighted by molar-refractivity contribution is 0.284. The van der Waals surface area contributed by atoms with Gasteiger partial charge in [-0.3, -0.25) is 0 Å². The third-order valence-electron chi connectivity index (χ3n) is 4.40. The summed E-state index contributed by atoms with van der Waals surface area (Å²) < 4.78 is 11.4. The van der Waals surface area contributed by atoms with Crippen molar-refractivity contribution >= 4 is 35.6 Å². The third-order valence-corrected chi connectivity index (χ3v) is 5.04. The lowest BCUT2D eigenvalue weighted by Crippen LogP contribution is -2.13. The Morgan fingerprint density at radius 2 is 1.59 bits per heavy atom. The van der Waals surface area contributed by atoms with Gasteiger partial charge in [-0.2, -0.15) is 0 Å².